The van der Waals surface area contributed by atoms with Crippen LogP contribution in [0.15, 0.2) is 59.1 Å². The predicted octanol–water partition coefficient (Wildman–Crippen LogP) is 5.72. The molecule has 3 heterocycles. The Hall–Kier alpha value is -3.67. The van der Waals surface area contributed by atoms with Crippen molar-refractivity contribution in [3.8, 4) is 11.1 Å². The highest BCUT2D eigenvalue weighted by Crippen LogP contribution is 2.33. The number of nitrogens with zero attached hydrogens (tertiary/aromatic N) is 3. The van der Waals surface area contributed by atoms with Gasteiger partial charge in [0.2, 0.25) is 0 Å². The second kappa shape index (κ2) is 9.66. The van der Waals surface area contributed by atoms with Crippen molar-refractivity contribution in [3.05, 3.63) is 87.0 Å². The lowest BCUT2D eigenvalue weighted by molar-refractivity contribution is 0.102. The lowest BCUT2D eigenvalue weighted by Gasteiger charge is -2.12. The van der Waals surface area contributed by atoms with Gasteiger partial charge < -0.3 is 5.32 Å². The molecule has 37 heavy (non-hydrogen) atoms. The first-order valence-corrected chi connectivity index (χ1v) is 13.9. The molecule has 0 aliphatic rings. The zero-order valence-corrected chi connectivity index (χ0v) is 21.9. The summed E-state index contributed by atoms with van der Waals surface area (Å²) in [6, 6.07) is 8.80. The van der Waals surface area contributed by atoms with Gasteiger partial charge in [0.15, 0.2) is 9.84 Å². The van der Waals surface area contributed by atoms with Gasteiger partial charge in [-0.15, -0.1) is 11.3 Å². The summed E-state index contributed by atoms with van der Waals surface area (Å²) in [7, 11) is -3.91. The fourth-order valence-corrected chi connectivity index (χ4v) is 6.40. The molecular formula is C25H19ClFN5O3S2. The molecule has 0 fully saturated rings. The van der Waals surface area contributed by atoms with Crippen LogP contribution < -0.4 is 5.32 Å². The van der Waals surface area contributed by atoms with Crippen molar-refractivity contribution in [3.63, 3.8) is 0 Å². The molecule has 5 rings (SSSR count). The highest BCUT2D eigenvalue weighted by molar-refractivity contribution is 7.90. The maximum absolute atomic E-state index is 13.8. The summed E-state index contributed by atoms with van der Waals surface area (Å²) in [5, 5.41) is 13.0. The zero-order valence-electron chi connectivity index (χ0n) is 19.5. The van der Waals surface area contributed by atoms with E-state index in [1.165, 1.54) is 29.7 Å². The SMILES string of the molecule is Cc1nc(C(=O)Nc2cc(-c3cnc(Cl)c(CS(=O)(=O)c4cc(F)ccc4C)c3)cc3[nH]ncc23)cs1. The highest BCUT2D eigenvalue weighted by atomic mass is 35.5. The Balaban J connectivity index is 1.52. The van der Waals surface area contributed by atoms with E-state index in [4.69, 9.17) is 11.6 Å². The molecule has 0 aliphatic heterocycles. The number of amides is 1. The number of H-pyrrole nitrogens is 1. The third kappa shape index (κ3) is 5.10. The Labute approximate surface area is 220 Å². The number of aryl methyl sites for hydroxylation is 2. The average Bonchev–Trinajstić information content (AvgIpc) is 3.51. The summed E-state index contributed by atoms with van der Waals surface area (Å²) in [5.41, 5.74) is 3.36. The quantitative estimate of drug-likeness (QED) is 0.259. The summed E-state index contributed by atoms with van der Waals surface area (Å²) >= 11 is 7.64. The molecule has 2 aromatic carbocycles. The van der Waals surface area contributed by atoms with Crippen LogP contribution in [0.25, 0.3) is 22.0 Å². The Morgan fingerprint density at radius 3 is 2.70 bits per heavy atom. The number of rotatable bonds is 6. The fourth-order valence-electron chi connectivity index (χ4n) is 3.92. The number of sulfone groups is 1. The Bertz CT molecular complexity index is 1780. The lowest BCUT2D eigenvalue weighted by Crippen LogP contribution is -2.12. The number of anilines is 1. The van der Waals surface area contributed by atoms with Crippen LogP contribution in [-0.4, -0.2) is 34.5 Å². The van der Waals surface area contributed by atoms with Crippen LogP contribution in [0.5, 0.6) is 0 Å². The van der Waals surface area contributed by atoms with E-state index in [-0.39, 0.29) is 21.5 Å². The molecule has 188 valence electrons. The zero-order chi connectivity index (χ0) is 26.3. The van der Waals surface area contributed by atoms with Crippen LogP contribution in [0, 0.1) is 19.7 Å². The number of aromatic nitrogens is 4. The molecule has 0 saturated carbocycles. The molecule has 0 unspecified atom stereocenters. The van der Waals surface area contributed by atoms with E-state index in [0.717, 1.165) is 11.1 Å². The van der Waals surface area contributed by atoms with Crippen molar-refractivity contribution in [2.24, 2.45) is 0 Å². The molecule has 0 bridgehead atoms. The van der Waals surface area contributed by atoms with E-state index in [9.17, 15) is 17.6 Å². The molecule has 5 aromatic rings. The van der Waals surface area contributed by atoms with Gasteiger partial charge in [0.25, 0.3) is 5.91 Å². The van der Waals surface area contributed by atoms with Crippen molar-refractivity contribution in [2.75, 3.05) is 5.32 Å². The van der Waals surface area contributed by atoms with Gasteiger partial charge in [-0.3, -0.25) is 9.89 Å². The second-order valence-electron chi connectivity index (χ2n) is 8.40. The standard InChI is InChI=1S/C25H19ClFN5O3S2/c1-13-3-4-18(27)8-23(13)37(34,35)12-17-5-16(9-28-24(17)26)15-6-20(19-10-29-32-21(19)7-15)31-25(33)22-11-36-14(2)30-22/h3-11H,12H2,1-2H3,(H,29,32)(H,31,33). The average molecular weight is 556 g/mol. The van der Waals surface area contributed by atoms with Crippen LogP contribution >= 0.6 is 22.9 Å². The topological polar surface area (TPSA) is 118 Å². The maximum Gasteiger partial charge on any atom is 0.275 e. The van der Waals surface area contributed by atoms with Crippen LogP contribution in [0.1, 0.15) is 26.6 Å². The Morgan fingerprint density at radius 1 is 1.14 bits per heavy atom. The van der Waals surface area contributed by atoms with Crippen molar-refractivity contribution >= 4 is 55.3 Å². The van der Waals surface area contributed by atoms with Gasteiger partial charge in [-0.1, -0.05) is 17.7 Å². The van der Waals surface area contributed by atoms with E-state index in [0.29, 0.717) is 39.0 Å². The Morgan fingerprint density at radius 2 is 1.95 bits per heavy atom. The highest BCUT2D eigenvalue weighted by Gasteiger charge is 2.22. The number of benzene rings is 2. The number of hydrogen-bond donors (Lipinski definition) is 2. The summed E-state index contributed by atoms with van der Waals surface area (Å²) in [5.74, 6) is -1.47. The minimum Gasteiger partial charge on any atom is -0.320 e. The maximum atomic E-state index is 13.8. The van der Waals surface area contributed by atoms with Crippen LogP contribution in [0.3, 0.4) is 0 Å². The third-order valence-corrected chi connectivity index (χ3v) is 8.65. The molecule has 12 heteroatoms. The Kier molecular flexibility index (Phi) is 6.52. The number of thiazole rings is 1. The van der Waals surface area contributed by atoms with Crippen molar-refractivity contribution in [2.45, 2.75) is 24.5 Å². The van der Waals surface area contributed by atoms with Crippen LogP contribution in [-0.2, 0) is 15.6 Å². The molecule has 0 spiro atoms. The fraction of sp³-hybridized carbons (Fsp3) is 0.120. The predicted molar refractivity (Wildman–Crippen MR) is 141 cm³/mol. The smallest absolute Gasteiger partial charge is 0.275 e. The largest absolute Gasteiger partial charge is 0.320 e. The number of fused-ring (bicyclic) bond motifs is 1. The van der Waals surface area contributed by atoms with Gasteiger partial charge in [-0.2, -0.15) is 5.10 Å². The summed E-state index contributed by atoms with van der Waals surface area (Å²) in [6.45, 7) is 3.42. The van der Waals surface area contributed by atoms with Gasteiger partial charge >= 0.3 is 0 Å². The number of nitrogens with one attached hydrogen (secondary N) is 2. The van der Waals surface area contributed by atoms with Crippen molar-refractivity contribution in [1.82, 2.24) is 20.2 Å². The number of carbonyl (C=O) groups is 1. The van der Waals surface area contributed by atoms with Gasteiger partial charge in [-0.25, -0.2) is 22.8 Å². The van der Waals surface area contributed by atoms with Crippen LogP contribution in [0.2, 0.25) is 5.15 Å². The number of carbonyl (C=O) groups excluding carboxylic acids is 1. The first-order chi connectivity index (χ1) is 17.6. The molecule has 8 nitrogen and oxygen atoms in total. The van der Waals surface area contributed by atoms with Crippen LogP contribution in [0.4, 0.5) is 10.1 Å². The summed E-state index contributed by atoms with van der Waals surface area (Å²) < 4.78 is 40.0. The molecule has 0 aliphatic carbocycles. The van der Waals surface area contributed by atoms with Gasteiger partial charge in [0.1, 0.15) is 16.7 Å². The number of hydrogen-bond acceptors (Lipinski definition) is 7. The minimum absolute atomic E-state index is 0.0245. The number of pyridine rings is 1. The lowest BCUT2D eigenvalue weighted by atomic mass is 10.0. The molecular weight excluding hydrogens is 537 g/mol. The van der Waals surface area contributed by atoms with E-state index >= 15 is 0 Å². The minimum atomic E-state index is -3.91. The van der Waals surface area contributed by atoms with Crippen molar-refractivity contribution < 1.29 is 17.6 Å². The van der Waals surface area contributed by atoms with E-state index < -0.39 is 21.4 Å². The summed E-state index contributed by atoms with van der Waals surface area (Å²) in [4.78, 5) is 21.1. The molecule has 1 amide bonds. The van der Waals surface area contributed by atoms with Gasteiger partial charge in [0, 0.05) is 28.1 Å². The molecule has 2 N–H and O–H groups in total. The van der Waals surface area contributed by atoms with E-state index in [1.807, 2.05) is 13.0 Å². The molecule has 0 radical (unpaired) electrons. The molecule has 0 atom stereocenters. The molecule has 3 aromatic heterocycles. The molecule has 0 saturated heterocycles. The number of halogens is 2. The second-order valence-corrected chi connectivity index (χ2v) is 11.8. The normalized spacial score (nSPS) is 11.7. The van der Waals surface area contributed by atoms with Gasteiger partial charge in [0.05, 0.1) is 33.1 Å². The summed E-state index contributed by atoms with van der Waals surface area (Å²) in [6.07, 6.45) is 3.11. The van der Waals surface area contributed by atoms with Crippen molar-refractivity contribution in [1.29, 1.82) is 0 Å². The van der Waals surface area contributed by atoms with E-state index in [1.54, 1.807) is 30.6 Å². The number of aromatic amines is 1. The van der Waals surface area contributed by atoms with E-state index in [2.05, 4.69) is 25.5 Å². The first-order valence-electron chi connectivity index (χ1n) is 10.9. The third-order valence-electron chi connectivity index (χ3n) is 5.73. The van der Waals surface area contributed by atoms with Gasteiger partial charge in [-0.05, 0) is 55.3 Å². The monoisotopic (exact) mass is 555 g/mol. The first kappa shape index (κ1) is 25.0.